The van der Waals surface area contributed by atoms with Crippen molar-refractivity contribution in [3.8, 4) is 28.1 Å². The molecule has 13 nitrogen and oxygen atoms in total. The van der Waals surface area contributed by atoms with E-state index in [9.17, 15) is 27.6 Å². The standard InChI is InChI=1S/C39H44ClF3N8O5/c1-21(2)34(49-38(54)55-5)37(53)51-20-22(3)14-31(51)35-46-19-30(47-35)25-8-6-24(7-9-25)27-15-28(40)29(16-32(27)56-39(41,42)43)48-36(52)26-10-11-33(45-18-26)50-13-12-44-17-23(50)4/h6-11,15-16,18-19,21-23,31,34,44H,12-14,17,20H2,1-5H3,(H,46,47)(H,48,52)(H,49,54)/t22-,23+,31-,34-/m0/s1. The summed E-state index contributed by atoms with van der Waals surface area (Å²) >= 11 is 6.55. The van der Waals surface area contributed by atoms with Crippen LogP contribution >= 0.6 is 11.6 Å². The number of H-pyrrole nitrogens is 1. The van der Waals surface area contributed by atoms with Crippen molar-refractivity contribution in [2.45, 2.75) is 58.6 Å². The molecule has 2 aromatic heterocycles. The van der Waals surface area contributed by atoms with E-state index in [2.05, 4.69) is 47.5 Å². The number of nitrogens with zero attached hydrogens (tertiary/aromatic N) is 4. The van der Waals surface area contributed by atoms with Crippen LogP contribution in [0.25, 0.3) is 22.4 Å². The second kappa shape index (κ2) is 16.8. The lowest BCUT2D eigenvalue weighted by Gasteiger charge is -2.34. The quantitative estimate of drug-likeness (QED) is 0.133. The molecule has 0 saturated carbocycles. The van der Waals surface area contributed by atoms with Gasteiger partial charge in [-0.2, -0.15) is 0 Å². The van der Waals surface area contributed by atoms with E-state index >= 15 is 0 Å². The second-order valence-electron chi connectivity index (χ2n) is 14.4. The topological polar surface area (TPSA) is 154 Å². The van der Waals surface area contributed by atoms with Crippen molar-refractivity contribution in [2.24, 2.45) is 11.8 Å². The van der Waals surface area contributed by atoms with E-state index in [1.54, 1.807) is 47.5 Å². The maximum Gasteiger partial charge on any atom is 0.573 e. The first-order chi connectivity index (χ1) is 26.6. The number of hydrogen-bond donors (Lipinski definition) is 4. The van der Waals surface area contributed by atoms with Crippen molar-refractivity contribution in [3.63, 3.8) is 0 Å². The first-order valence-electron chi connectivity index (χ1n) is 18.3. The molecule has 2 aliphatic heterocycles. The number of imidazole rings is 1. The van der Waals surface area contributed by atoms with Gasteiger partial charge in [0.1, 0.15) is 23.4 Å². The number of likely N-dealkylation sites (tertiary alicyclic amines) is 1. The van der Waals surface area contributed by atoms with Crippen LogP contribution in [0.5, 0.6) is 5.75 Å². The Kier molecular flexibility index (Phi) is 12.1. The Labute approximate surface area is 327 Å². The van der Waals surface area contributed by atoms with Crippen molar-refractivity contribution in [3.05, 3.63) is 77.3 Å². The zero-order valence-electron chi connectivity index (χ0n) is 31.5. The molecule has 2 fully saturated rings. The number of carbonyl (C=O) groups excluding carboxylic acids is 3. The van der Waals surface area contributed by atoms with Crippen molar-refractivity contribution < 1.29 is 37.0 Å². The van der Waals surface area contributed by atoms with Crippen LogP contribution in [-0.4, -0.2) is 89.5 Å². The monoisotopic (exact) mass is 796 g/mol. The van der Waals surface area contributed by atoms with Crippen molar-refractivity contribution in [1.29, 1.82) is 0 Å². The molecule has 3 amide bonds. The van der Waals surface area contributed by atoms with Crippen LogP contribution in [0, 0.1) is 11.8 Å². The third-order valence-electron chi connectivity index (χ3n) is 9.95. The molecule has 4 atom stereocenters. The average Bonchev–Trinajstić information content (AvgIpc) is 3.81. The first kappa shape index (κ1) is 40.3. The van der Waals surface area contributed by atoms with Gasteiger partial charge in [-0.05, 0) is 54.5 Å². The number of alkyl halides is 3. The van der Waals surface area contributed by atoms with Gasteiger partial charge in [0.25, 0.3) is 5.91 Å². The first-order valence-corrected chi connectivity index (χ1v) is 18.6. The highest BCUT2D eigenvalue weighted by atomic mass is 35.5. The van der Waals surface area contributed by atoms with Gasteiger partial charge >= 0.3 is 12.5 Å². The van der Waals surface area contributed by atoms with Crippen LogP contribution in [0.4, 0.5) is 29.5 Å². The van der Waals surface area contributed by atoms with E-state index in [0.717, 1.165) is 25.7 Å². The molecule has 0 aliphatic carbocycles. The molecule has 4 aromatic rings. The average molecular weight is 797 g/mol. The summed E-state index contributed by atoms with van der Waals surface area (Å²) in [6.45, 7) is 10.6. The summed E-state index contributed by atoms with van der Waals surface area (Å²) in [5.41, 5.74) is 1.85. The number of amides is 3. The molecule has 4 N–H and O–H groups in total. The van der Waals surface area contributed by atoms with Crippen LogP contribution in [0.2, 0.25) is 5.02 Å². The summed E-state index contributed by atoms with van der Waals surface area (Å²) in [6, 6.07) is 11.4. The smallest absolute Gasteiger partial charge is 0.453 e. The largest absolute Gasteiger partial charge is 0.573 e. The summed E-state index contributed by atoms with van der Waals surface area (Å²) < 4.78 is 50.2. The van der Waals surface area contributed by atoms with Gasteiger partial charge in [-0.15, -0.1) is 13.2 Å². The molecule has 0 bridgehead atoms. The summed E-state index contributed by atoms with van der Waals surface area (Å²) in [5.74, 6) is -0.142. The predicted molar refractivity (Wildman–Crippen MR) is 205 cm³/mol. The van der Waals surface area contributed by atoms with Crippen molar-refractivity contribution in [2.75, 3.05) is 43.5 Å². The number of halogens is 4. The maximum atomic E-state index is 13.7. The van der Waals surface area contributed by atoms with Gasteiger partial charge < -0.3 is 40.2 Å². The molecular weight excluding hydrogens is 753 g/mol. The second-order valence-corrected chi connectivity index (χ2v) is 14.9. The number of nitrogens with one attached hydrogen (secondary N) is 4. The fourth-order valence-electron chi connectivity index (χ4n) is 7.06. The van der Waals surface area contributed by atoms with Crippen LogP contribution in [0.3, 0.4) is 0 Å². The Balaban J connectivity index is 1.20. The lowest BCUT2D eigenvalue weighted by atomic mass is 10.0. The number of carbonyl (C=O) groups is 3. The summed E-state index contributed by atoms with van der Waals surface area (Å²) in [5, 5.41) is 8.54. The third-order valence-corrected chi connectivity index (χ3v) is 10.3. The van der Waals surface area contributed by atoms with E-state index in [0.29, 0.717) is 41.4 Å². The highest BCUT2D eigenvalue weighted by molar-refractivity contribution is 6.34. The molecule has 4 heterocycles. The van der Waals surface area contributed by atoms with Crippen LogP contribution in [0.15, 0.2) is 60.9 Å². The number of methoxy groups -OCH3 is 1. The molecule has 0 unspecified atom stereocenters. The molecule has 0 radical (unpaired) electrons. The van der Waals surface area contributed by atoms with Crippen LogP contribution in [-0.2, 0) is 9.53 Å². The zero-order chi connectivity index (χ0) is 40.3. The lowest BCUT2D eigenvalue weighted by molar-refractivity contribution is -0.274. The van der Waals surface area contributed by atoms with Gasteiger partial charge in [0.05, 0.1) is 41.3 Å². The number of alkyl carbamates (subject to hydrolysis) is 1. The van der Waals surface area contributed by atoms with E-state index in [-0.39, 0.29) is 51.7 Å². The summed E-state index contributed by atoms with van der Waals surface area (Å²) in [4.78, 5) is 55.0. The molecule has 2 saturated heterocycles. The van der Waals surface area contributed by atoms with Crippen LogP contribution < -0.4 is 25.6 Å². The third kappa shape index (κ3) is 9.19. The Bertz CT molecular complexity index is 2040. The van der Waals surface area contributed by atoms with Gasteiger partial charge in [-0.25, -0.2) is 14.8 Å². The number of benzene rings is 2. The summed E-state index contributed by atoms with van der Waals surface area (Å²) in [7, 11) is 1.24. The fourth-order valence-corrected chi connectivity index (χ4v) is 7.27. The predicted octanol–water partition coefficient (Wildman–Crippen LogP) is 7.03. The number of aromatic nitrogens is 3. The van der Waals surface area contributed by atoms with Gasteiger partial charge in [0.15, 0.2) is 0 Å². The molecule has 56 heavy (non-hydrogen) atoms. The van der Waals surface area contributed by atoms with E-state index in [1.807, 2.05) is 20.8 Å². The number of pyridine rings is 1. The number of anilines is 2. The highest BCUT2D eigenvalue weighted by Crippen LogP contribution is 2.41. The molecular formula is C39H44ClF3N8O5. The van der Waals surface area contributed by atoms with Gasteiger partial charge in [0, 0.05) is 50.0 Å². The molecule has 298 valence electrons. The number of ether oxygens (including phenoxy) is 2. The Morgan fingerprint density at radius 1 is 1.02 bits per heavy atom. The van der Waals surface area contributed by atoms with Gasteiger partial charge in [-0.1, -0.05) is 56.6 Å². The fraction of sp³-hybridized carbons (Fsp3) is 0.410. The number of rotatable bonds is 10. The van der Waals surface area contributed by atoms with Gasteiger partial charge in [-0.3, -0.25) is 9.59 Å². The SMILES string of the molecule is COC(=O)N[C@H](C(=O)N1C[C@@H](C)C[C@H]1c1ncc(-c2ccc(-c3cc(Cl)c(NC(=O)c4ccc(N5CCNC[C@H]5C)nc4)cc3OC(F)(F)F)cc2)[nH]1)C(C)C. The van der Waals surface area contributed by atoms with Crippen molar-refractivity contribution in [1.82, 2.24) is 30.5 Å². The minimum Gasteiger partial charge on any atom is -0.453 e. The highest BCUT2D eigenvalue weighted by Gasteiger charge is 2.40. The molecule has 2 aliphatic rings. The minimum atomic E-state index is -5.03. The van der Waals surface area contributed by atoms with Crippen LogP contribution in [0.1, 0.15) is 56.3 Å². The number of aromatic amines is 1. The Hall–Kier alpha value is -5.35. The molecule has 6 rings (SSSR count). The number of hydrogen-bond acceptors (Lipinski definition) is 9. The van der Waals surface area contributed by atoms with Gasteiger partial charge in [0.2, 0.25) is 5.91 Å². The zero-order valence-corrected chi connectivity index (χ0v) is 32.3. The Morgan fingerprint density at radius 3 is 2.39 bits per heavy atom. The normalized spacial score (nSPS) is 19.1. The Morgan fingerprint density at radius 2 is 1.75 bits per heavy atom. The number of piperazine rings is 1. The van der Waals surface area contributed by atoms with Crippen molar-refractivity contribution >= 4 is 41.0 Å². The molecule has 0 spiro atoms. The van der Waals surface area contributed by atoms with E-state index < -0.39 is 30.2 Å². The minimum absolute atomic E-state index is 0.00392. The summed E-state index contributed by atoms with van der Waals surface area (Å²) in [6.07, 6.45) is -2.03. The lowest BCUT2D eigenvalue weighted by Crippen LogP contribution is -2.51. The van der Waals surface area contributed by atoms with E-state index in [1.165, 1.54) is 19.4 Å². The molecule has 2 aromatic carbocycles. The maximum absolute atomic E-state index is 13.7. The molecule has 17 heteroatoms. The van der Waals surface area contributed by atoms with E-state index in [4.69, 9.17) is 16.3 Å².